The van der Waals surface area contributed by atoms with E-state index < -0.39 is 0 Å². The Morgan fingerprint density at radius 1 is 0.968 bits per heavy atom. The maximum atomic E-state index is 5.45. The van der Waals surface area contributed by atoms with Gasteiger partial charge < -0.3 is 9.74 Å². The molecule has 31 heavy (non-hydrogen) atoms. The normalized spacial score (nSPS) is 12.6. The summed E-state index contributed by atoms with van der Waals surface area (Å²) >= 11 is 1.77. The maximum absolute atomic E-state index is 5.45. The minimum absolute atomic E-state index is 0.279. The summed E-state index contributed by atoms with van der Waals surface area (Å²) in [5.74, 6) is 0. The Hall–Kier alpha value is -3.58. The summed E-state index contributed by atoms with van der Waals surface area (Å²) in [6, 6.07) is 24.9. The molecule has 0 unspecified atom stereocenters. The smallest absolute Gasteiger partial charge is 0.162 e. The Morgan fingerprint density at radius 2 is 1.77 bits per heavy atom. The largest absolute Gasteiger partial charge is 0.389 e. The molecule has 4 aromatic rings. The SMILES string of the molecule is CN1c2ccccc2Sc2cc(/C=N/OCc3cn(Cc4ccccc4)nn3)ccc21. The van der Waals surface area contributed by atoms with Gasteiger partial charge in [0.25, 0.3) is 0 Å². The van der Waals surface area contributed by atoms with Crippen molar-refractivity contribution in [3.8, 4) is 0 Å². The zero-order chi connectivity index (χ0) is 21.0. The second kappa shape index (κ2) is 8.65. The predicted octanol–water partition coefficient (Wildman–Crippen LogP) is 5.11. The van der Waals surface area contributed by atoms with E-state index in [1.54, 1.807) is 22.7 Å². The molecule has 0 atom stereocenters. The highest BCUT2D eigenvalue weighted by molar-refractivity contribution is 7.99. The first-order chi connectivity index (χ1) is 15.3. The lowest BCUT2D eigenvalue weighted by Crippen LogP contribution is -2.14. The van der Waals surface area contributed by atoms with Gasteiger partial charge in [0.2, 0.25) is 0 Å². The van der Waals surface area contributed by atoms with Crippen LogP contribution in [0.4, 0.5) is 11.4 Å². The number of para-hydroxylation sites is 1. The standard InChI is InChI=1S/C24H21N5OS/c1-28-21-9-5-6-10-23(21)31-24-13-19(11-12-22(24)28)14-25-30-17-20-16-29(27-26-20)15-18-7-3-2-4-8-18/h2-14,16H,15,17H2,1H3/b25-14+. The summed E-state index contributed by atoms with van der Waals surface area (Å²) in [4.78, 5) is 10.1. The van der Waals surface area contributed by atoms with Crippen LogP contribution in [0.5, 0.6) is 0 Å². The van der Waals surface area contributed by atoms with Crippen LogP contribution in [0.2, 0.25) is 0 Å². The lowest BCUT2D eigenvalue weighted by molar-refractivity contribution is 0.129. The lowest BCUT2D eigenvalue weighted by atomic mass is 10.2. The molecule has 154 valence electrons. The third-order valence-corrected chi connectivity index (χ3v) is 6.17. The highest BCUT2D eigenvalue weighted by Crippen LogP contribution is 2.47. The lowest BCUT2D eigenvalue weighted by Gasteiger charge is -2.29. The summed E-state index contributed by atoms with van der Waals surface area (Å²) in [5.41, 5.74) is 5.33. The highest BCUT2D eigenvalue weighted by Gasteiger charge is 2.20. The fourth-order valence-electron chi connectivity index (χ4n) is 3.49. The van der Waals surface area contributed by atoms with Crippen molar-refractivity contribution in [3.63, 3.8) is 0 Å². The van der Waals surface area contributed by atoms with E-state index in [9.17, 15) is 0 Å². The molecule has 0 amide bonds. The van der Waals surface area contributed by atoms with Crippen molar-refractivity contribution in [2.45, 2.75) is 22.9 Å². The van der Waals surface area contributed by atoms with E-state index in [1.165, 1.54) is 26.7 Å². The number of hydrogen-bond donors (Lipinski definition) is 0. The van der Waals surface area contributed by atoms with Gasteiger partial charge in [-0.2, -0.15) is 0 Å². The number of aromatic nitrogens is 3. The summed E-state index contributed by atoms with van der Waals surface area (Å²) in [6.45, 7) is 0.961. The number of oxime groups is 1. The van der Waals surface area contributed by atoms with Gasteiger partial charge in [0, 0.05) is 16.8 Å². The second-order valence-electron chi connectivity index (χ2n) is 7.26. The van der Waals surface area contributed by atoms with Crippen molar-refractivity contribution in [2.24, 2.45) is 5.16 Å². The second-order valence-corrected chi connectivity index (χ2v) is 8.34. The molecule has 0 saturated carbocycles. The molecule has 2 heterocycles. The quantitative estimate of drug-likeness (QED) is 0.316. The maximum Gasteiger partial charge on any atom is 0.162 e. The highest BCUT2D eigenvalue weighted by atomic mass is 32.2. The number of anilines is 2. The van der Waals surface area contributed by atoms with Gasteiger partial charge >= 0.3 is 0 Å². The molecule has 0 N–H and O–H groups in total. The van der Waals surface area contributed by atoms with Gasteiger partial charge in [0.1, 0.15) is 5.69 Å². The van der Waals surface area contributed by atoms with E-state index in [-0.39, 0.29) is 6.61 Å². The Morgan fingerprint density at radius 3 is 2.68 bits per heavy atom. The van der Waals surface area contributed by atoms with E-state index in [0.717, 1.165) is 11.3 Å². The van der Waals surface area contributed by atoms with Gasteiger partial charge in [-0.1, -0.05) is 70.7 Å². The first-order valence-corrected chi connectivity index (χ1v) is 10.8. The number of hydrogen-bond acceptors (Lipinski definition) is 6. The van der Waals surface area contributed by atoms with Crippen molar-refractivity contribution >= 4 is 29.4 Å². The minimum Gasteiger partial charge on any atom is -0.389 e. The van der Waals surface area contributed by atoms with E-state index in [0.29, 0.717) is 6.54 Å². The monoisotopic (exact) mass is 427 g/mol. The molecule has 0 bridgehead atoms. The van der Waals surface area contributed by atoms with Gasteiger partial charge in [-0.25, -0.2) is 4.68 Å². The van der Waals surface area contributed by atoms with Crippen molar-refractivity contribution in [1.29, 1.82) is 0 Å². The molecule has 1 aromatic heterocycles. The molecule has 6 nitrogen and oxygen atoms in total. The van der Waals surface area contributed by atoms with Crippen molar-refractivity contribution < 1.29 is 4.84 Å². The van der Waals surface area contributed by atoms with Crippen LogP contribution in [0.1, 0.15) is 16.8 Å². The number of fused-ring (bicyclic) bond motifs is 2. The van der Waals surface area contributed by atoms with Crippen LogP contribution >= 0.6 is 11.8 Å². The van der Waals surface area contributed by atoms with Crippen LogP contribution in [0.25, 0.3) is 0 Å². The van der Waals surface area contributed by atoms with Gasteiger partial charge in [-0.15, -0.1) is 5.10 Å². The first kappa shape index (κ1) is 19.4. The third kappa shape index (κ3) is 4.32. The summed E-state index contributed by atoms with van der Waals surface area (Å²) in [5, 5.41) is 12.4. The molecule has 7 heteroatoms. The van der Waals surface area contributed by atoms with Crippen LogP contribution in [-0.4, -0.2) is 28.3 Å². The number of nitrogens with zero attached hydrogens (tertiary/aromatic N) is 5. The average Bonchev–Trinajstić information content (AvgIpc) is 3.24. The fourth-order valence-corrected chi connectivity index (χ4v) is 4.69. The van der Waals surface area contributed by atoms with Gasteiger partial charge in [0.15, 0.2) is 6.61 Å². The van der Waals surface area contributed by atoms with E-state index in [4.69, 9.17) is 4.84 Å². The number of rotatable bonds is 6. The summed E-state index contributed by atoms with van der Waals surface area (Å²) < 4.78 is 1.80. The molecule has 0 spiro atoms. The summed E-state index contributed by atoms with van der Waals surface area (Å²) in [6.07, 6.45) is 3.61. The molecule has 5 rings (SSSR count). The fraction of sp³-hybridized carbons (Fsp3) is 0.125. The van der Waals surface area contributed by atoms with Crippen LogP contribution in [0.3, 0.4) is 0 Å². The van der Waals surface area contributed by atoms with E-state index in [2.05, 4.69) is 75.9 Å². The first-order valence-electron chi connectivity index (χ1n) is 9.99. The molecule has 3 aromatic carbocycles. The molecule has 0 radical (unpaired) electrons. The van der Waals surface area contributed by atoms with E-state index >= 15 is 0 Å². The molecule has 0 fully saturated rings. The summed E-state index contributed by atoms with van der Waals surface area (Å²) in [7, 11) is 2.10. The molecule has 0 saturated heterocycles. The predicted molar refractivity (Wildman–Crippen MR) is 123 cm³/mol. The molecular formula is C24H21N5OS. The van der Waals surface area contributed by atoms with Crippen molar-refractivity contribution in [1.82, 2.24) is 15.0 Å². The molecule has 0 aliphatic carbocycles. The Bertz CT molecular complexity index is 1220. The molecule has 1 aliphatic heterocycles. The van der Waals surface area contributed by atoms with Crippen LogP contribution in [-0.2, 0) is 18.0 Å². The van der Waals surface area contributed by atoms with Crippen LogP contribution < -0.4 is 4.90 Å². The van der Waals surface area contributed by atoms with Crippen molar-refractivity contribution in [3.05, 3.63) is 95.8 Å². The Labute approximate surface area is 185 Å². The topological polar surface area (TPSA) is 55.5 Å². The average molecular weight is 428 g/mol. The number of benzene rings is 3. The Kier molecular flexibility index (Phi) is 5.41. The molecule has 1 aliphatic rings. The zero-order valence-electron chi connectivity index (χ0n) is 17.0. The van der Waals surface area contributed by atoms with Gasteiger partial charge in [-0.05, 0) is 35.4 Å². The third-order valence-electron chi connectivity index (χ3n) is 5.05. The molecular weight excluding hydrogens is 406 g/mol. The zero-order valence-corrected chi connectivity index (χ0v) is 17.9. The van der Waals surface area contributed by atoms with Gasteiger partial charge in [-0.3, -0.25) is 0 Å². The minimum atomic E-state index is 0.279. The van der Waals surface area contributed by atoms with E-state index in [1.807, 2.05) is 30.5 Å². The van der Waals surface area contributed by atoms with Gasteiger partial charge in [0.05, 0.1) is 30.3 Å². The Balaban J connectivity index is 1.20. The van der Waals surface area contributed by atoms with Crippen LogP contribution in [0, 0.1) is 0 Å². The van der Waals surface area contributed by atoms with Crippen molar-refractivity contribution in [2.75, 3.05) is 11.9 Å². The van der Waals surface area contributed by atoms with Crippen LogP contribution in [0.15, 0.2) is 93.9 Å².